The summed E-state index contributed by atoms with van der Waals surface area (Å²) in [5.74, 6) is -3.40. The first-order chi connectivity index (χ1) is 15.0. The molecule has 1 heterocycles. The Bertz CT molecular complexity index is 564. The number of esters is 3. The van der Waals surface area contributed by atoms with Gasteiger partial charge < -0.3 is 33.2 Å². The van der Waals surface area contributed by atoms with Crippen molar-refractivity contribution in [3.8, 4) is 0 Å². The summed E-state index contributed by atoms with van der Waals surface area (Å²) in [6.07, 6.45) is 1.69. The molecular weight excluding hydrogens is 412 g/mol. The molecule has 0 amide bonds. The molecule has 4 atom stereocenters. The summed E-state index contributed by atoms with van der Waals surface area (Å²) >= 11 is 0. The van der Waals surface area contributed by atoms with Gasteiger partial charge in [0, 0.05) is 26.7 Å². The third kappa shape index (κ3) is 10.2. The third-order valence-electron chi connectivity index (χ3n) is 4.68. The van der Waals surface area contributed by atoms with Crippen molar-refractivity contribution in [3.05, 3.63) is 0 Å². The van der Waals surface area contributed by atoms with Crippen LogP contribution in [0.15, 0.2) is 0 Å². The van der Waals surface area contributed by atoms with Crippen molar-refractivity contribution in [1.29, 1.82) is 0 Å². The molecule has 1 fully saturated rings. The first-order valence-corrected chi connectivity index (χ1v) is 10.6. The fraction of sp³-hybridized carbons (Fsp3) is 0.810. The van der Waals surface area contributed by atoms with Crippen LogP contribution in [0.2, 0.25) is 0 Å². The van der Waals surface area contributed by atoms with Crippen molar-refractivity contribution in [2.45, 2.75) is 51.7 Å². The second kappa shape index (κ2) is 15.7. The molecule has 0 spiro atoms. The molecule has 178 valence electrons. The molecule has 0 aromatic rings. The quantitative estimate of drug-likeness (QED) is 0.105. The van der Waals surface area contributed by atoms with Gasteiger partial charge in [0.15, 0.2) is 5.92 Å². The highest BCUT2D eigenvalue weighted by Gasteiger charge is 2.40. The topological polar surface area (TPSA) is 124 Å². The van der Waals surface area contributed by atoms with E-state index in [-0.39, 0.29) is 45.4 Å². The van der Waals surface area contributed by atoms with Crippen LogP contribution in [0.5, 0.6) is 0 Å². The van der Waals surface area contributed by atoms with Crippen molar-refractivity contribution >= 4 is 24.2 Å². The number of hydrogen-bond acceptors (Lipinski definition) is 10. The summed E-state index contributed by atoms with van der Waals surface area (Å²) < 4.78 is 31.2. The number of cyclic esters (lactones) is 1. The zero-order chi connectivity index (χ0) is 23.1. The highest BCUT2D eigenvalue weighted by atomic mass is 16.6. The van der Waals surface area contributed by atoms with Crippen LogP contribution in [0, 0.1) is 11.8 Å². The van der Waals surface area contributed by atoms with Gasteiger partial charge in [-0.1, -0.05) is 0 Å². The van der Waals surface area contributed by atoms with E-state index >= 15 is 0 Å². The number of carbonyl (C=O) groups excluding carboxylic acids is 4. The summed E-state index contributed by atoms with van der Waals surface area (Å²) in [4.78, 5) is 46.1. The number of aldehydes is 1. The van der Waals surface area contributed by atoms with Crippen LogP contribution in [0.3, 0.4) is 0 Å². The first kappa shape index (κ1) is 27.0. The molecular formula is C21H34O10. The van der Waals surface area contributed by atoms with E-state index < -0.39 is 35.8 Å². The Kier molecular flexibility index (Phi) is 13.7. The van der Waals surface area contributed by atoms with Crippen LogP contribution in [0.25, 0.3) is 0 Å². The van der Waals surface area contributed by atoms with Crippen molar-refractivity contribution in [2.24, 2.45) is 11.8 Å². The molecule has 1 aliphatic heterocycles. The zero-order valence-electron chi connectivity index (χ0n) is 18.5. The summed E-state index contributed by atoms with van der Waals surface area (Å²) in [5.41, 5.74) is 0. The monoisotopic (exact) mass is 446 g/mol. The lowest BCUT2D eigenvalue weighted by molar-refractivity contribution is -0.157. The normalized spacial score (nSPS) is 20.0. The van der Waals surface area contributed by atoms with E-state index in [1.54, 1.807) is 13.8 Å². The Balaban J connectivity index is 2.11. The fourth-order valence-corrected chi connectivity index (χ4v) is 3.00. The van der Waals surface area contributed by atoms with Gasteiger partial charge in [0.2, 0.25) is 0 Å². The van der Waals surface area contributed by atoms with Gasteiger partial charge in [0.1, 0.15) is 18.3 Å². The Labute approximate surface area is 182 Å². The van der Waals surface area contributed by atoms with Gasteiger partial charge in [-0.15, -0.1) is 0 Å². The number of methoxy groups -OCH3 is 1. The van der Waals surface area contributed by atoms with Crippen LogP contribution in [0.4, 0.5) is 0 Å². The van der Waals surface area contributed by atoms with Gasteiger partial charge in [0.05, 0.1) is 32.5 Å². The lowest BCUT2D eigenvalue weighted by atomic mass is 10.0. The van der Waals surface area contributed by atoms with Crippen LogP contribution >= 0.6 is 0 Å². The zero-order valence-corrected chi connectivity index (χ0v) is 18.5. The van der Waals surface area contributed by atoms with E-state index in [2.05, 4.69) is 0 Å². The van der Waals surface area contributed by atoms with Gasteiger partial charge in [-0.25, -0.2) is 0 Å². The predicted octanol–water partition coefficient (Wildman–Crippen LogP) is 1.08. The predicted molar refractivity (Wildman–Crippen MR) is 107 cm³/mol. The number of unbranched alkanes of at least 4 members (excludes halogenated alkanes) is 1. The summed E-state index contributed by atoms with van der Waals surface area (Å²) in [7, 11) is 1.50. The summed E-state index contributed by atoms with van der Waals surface area (Å²) in [5, 5.41) is 0. The molecule has 10 heteroatoms. The van der Waals surface area contributed by atoms with E-state index in [0.29, 0.717) is 19.5 Å². The molecule has 0 radical (unpaired) electrons. The Hall–Kier alpha value is -2.04. The average Bonchev–Trinajstić information content (AvgIpc) is 3.13. The Morgan fingerprint density at radius 2 is 1.81 bits per heavy atom. The fourth-order valence-electron chi connectivity index (χ4n) is 3.00. The number of carbonyl (C=O) groups is 4. The molecule has 1 saturated heterocycles. The molecule has 0 aromatic heterocycles. The lowest BCUT2D eigenvalue weighted by Gasteiger charge is -2.18. The van der Waals surface area contributed by atoms with Crippen molar-refractivity contribution in [2.75, 3.05) is 46.8 Å². The SMILES string of the molecule is CCOC(=O)C(C=O)CC(COCCCCOCC1CC(C(=O)OCC)C(=O)O1)OC. The molecule has 4 unspecified atom stereocenters. The lowest BCUT2D eigenvalue weighted by Crippen LogP contribution is -2.28. The van der Waals surface area contributed by atoms with Crippen LogP contribution in [-0.4, -0.2) is 83.2 Å². The maximum absolute atomic E-state index is 11.7. The minimum Gasteiger partial charge on any atom is -0.465 e. The summed E-state index contributed by atoms with van der Waals surface area (Å²) in [6, 6.07) is 0. The van der Waals surface area contributed by atoms with Gasteiger partial charge >= 0.3 is 17.9 Å². The van der Waals surface area contributed by atoms with Gasteiger partial charge in [-0.3, -0.25) is 14.4 Å². The molecule has 1 aliphatic rings. The van der Waals surface area contributed by atoms with Gasteiger partial charge in [0.25, 0.3) is 0 Å². The molecule has 0 N–H and O–H groups in total. The smallest absolute Gasteiger partial charge is 0.320 e. The largest absolute Gasteiger partial charge is 0.465 e. The summed E-state index contributed by atoms with van der Waals surface area (Å²) in [6.45, 7) is 5.23. The third-order valence-corrected chi connectivity index (χ3v) is 4.68. The molecule has 31 heavy (non-hydrogen) atoms. The number of ether oxygens (including phenoxy) is 6. The van der Waals surface area contributed by atoms with Gasteiger partial charge in [-0.05, 0) is 33.1 Å². The standard InChI is InChI=1S/C21H34O10/c1-4-29-19(23)15(12-22)10-16(26-3)13-27-8-6-7-9-28-14-17-11-18(21(25)31-17)20(24)30-5-2/h12,15-18H,4-11,13-14H2,1-3H3. The highest BCUT2D eigenvalue weighted by Crippen LogP contribution is 2.22. The second-order valence-corrected chi connectivity index (χ2v) is 7.04. The van der Waals surface area contributed by atoms with Gasteiger partial charge in [-0.2, -0.15) is 0 Å². The van der Waals surface area contributed by atoms with Crippen molar-refractivity contribution in [3.63, 3.8) is 0 Å². The van der Waals surface area contributed by atoms with E-state index in [1.807, 2.05) is 0 Å². The minimum atomic E-state index is -0.866. The van der Waals surface area contributed by atoms with E-state index in [1.165, 1.54) is 7.11 Å². The molecule has 10 nitrogen and oxygen atoms in total. The first-order valence-electron chi connectivity index (χ1n) is 10.6. The molecule has 0 aliphatic carbocycles. The van der Waals surface area contributed by atoms with Crippen LogP contribution in [-0.2, 0) is 47.6 Å². The number of rotatable bonds is 17. The van der Waals surface area contributed by atoms with Crippen LogP contribution in [0.1, 0.15) is 39.5 Å². The molecule has 0 saturated carbocycles. The highest BCUT2D eigenvalue weighted by molar-refractivity contribution is 5.96. The minimum absolute atomic E-state index is 0.203. The molecule has 0 bridgehead atoms. The maximum atomic E-state index is 11.7. The van der Waals surface area contributed by atoms with E-state index in [9.17, 15) is 19.2 Å². The van der Waals surface area contributed by atoms with Crippen LogP contribution < -0.4 is 0 Å². The molecule has 0 aromatic carbocycles. The van der Waals surface area contributed by atoms with E-state index in [0.717, 1.165) is 12.8 Å². The Morgan fingerprint density at radius 1 is 1.13 bits per heavy atom. The number of hydrogen-bond donors (Lipinski definition) is 0. The average molecular weight is 446 g/mol. The maximum Gasteiger partial charge on any atom is 0.320 e. The van der Waals surface area contributed by atoms with Crippen molar-refractivity contribution in [1.82, 2.24) is 0 Å². The molecule has 1 rings (SSSR count). The second-order valence-electron chi connectivity index (χ2n) is 7.04. The van der Waals surface area contributed by atoms with E-state index in [4.69, 9.17) is 28.4 Å². The van der Waals surface area contributed by atoms with Crippen molar-refractivity contribution < 1.29 is 47.6 Å². The Morgan fingerprint density at radius 3 is 2.42 bits per heavy atom.